The first kappa shape index (κ1) is 10.3. The molecule has 0 heterocycles. The largest absolute Gasteiger partial charge is 0.207 e. The van der Waals surface area contributed by atoms with Crippen LogP contribution in [0, 0.1) is 18.6 Å². The molecule has 70 valence electrons. The van der Waals surface area contributed by atoms with Gasteiger partial charge < -0.3 is 0 Å². The van der Waals surface area contributed by atoms with Gasteiger partial charge in [0, 0.05) is 17.4 Å². The fraction of sp³-hybridized carbons (Fsp3) is 0.200. The van der Waals surface area contributed by atoms with E-state index in [4.69, 9.17) is 0 Å². The van der Waals surface area contributed by atoms with E-state index >= 15 is 0 Å². The predicted molar refractivity (Wildman–Crippen MR) is 54.0 cm³/mol. The van der Waals surface area contributed by atoms with Crippen LogP contribution in [0.4, 0.5) is 8.78 Å². The first-order chi connectivity index (χ1) is 6.15. The van der Waals surface area contributed by atoms with Gasteiger partial charge in [-0.3, -0.25) is 0 Å². The van der Waals surface area contributed by atoms with Crippen molar-refractivity contribution >= 4 is 18.7 Å². The van der Waals surface area contributed by atoms with Gasteiger partial charge in [0.2, 0.25) is 0 Å². The van der Waals surface area contributed by atoms with Gasteiger partial charge in [-0.25, -0.2) is 8.78 Å². The highest BCUT2D eigenvalue weighted by Gasteiger charge is 2.03. The van der Waals surface area contributed by atoms with E-state index in [1.165, 1.54) is 6.07 Å². The van der Waals surface area contributed by atoms with Gasteiger partial charge in [-0.15, -0.1) is 0 Å². The molecule has 0 fully saturated rings. The quantitative estimate of drug-likeness (QED) is 0.696. The minimum atomic E-state index is -0.541. The van der Waals surface area contributed by atoms with Gasteiger partial charge in [-0.2, -0.15) is 12.6 Å². The maximum atomic E-state index is 13.0. The summed E-state index contributed by atoms with van der Waals surface area (Å²) in [5, 5.41) is 0. The van der Waals surface area contributed by atoms with Crippen LogP contribution in [-0.2, 0) is 0 Å². The highest BCUT2D eigenvalue weighted by atomic mass is 32.1. The summed E-state index contributed by atoms with van der Waals surface area (Å²) in [5.74, 6) is -0.516. The topological polar surface area (TPSA) is 0 Å². The van der Waals surface area contributed by atoms with E-state index in [1.807, 2.05) is 0 Å². The summed E-state index contributed by atoms with van der Waals surface area (Å²) in [7, 11) is 0. The Morgan fingerprint density at radius 1 is 1.31 bits per heavy atom. The molecule has 0 aromatic heterocycles. The number of halogens is 2. The van der Waals surface area contributed by atoms with Crippen molar-refractivity contribution in [3.63, 3.8) is 0 Å². The van der Waals surface area contributed by atoms with Crippen LogP contribution in [0.5, 0.6) is 0 Å². The average Bonchev–Trinajstić information content (AvgIpc) is 2.09. The van der Waals surface area contributed by atoms with Crippen LogP contribution < -0.4 is 0 Å². The molecular weight excluding hydrogens is 190 g/mol. The molecule has 0 atom stereocenters. The molecule has 0 amide bonds. The average molecular weight is 200 g/mol. The molecule has 0 unspecified atom stereocenters. The Bertz CT molecular complexity index is 332. The summed E-state index contributed by atoms with van der Waals surface area (Å²) in [6.45, 7) is 1.60. The zero-order valence-electron chi connectivity index (χ0n) is 7.22. The van der Waals surface area contributed by atoms with E-state index in [1.54, 1.807) is 19.1 Å². The van der Waals surface area contributed by atoms with Gasteiger partial charge in [0.05, 0.1) is 0 Å². The molecule has 0 nitrogen and oxygen atoms in total. The summed E-state index contributed by atoms with van der Waals surface area (Å²) >= 11 is 3.95. The summed E-state index contributed by atoms with van der Waals surface area (Å²) in [4.78, 5) is 0. The van der Waals surface area contributed by atoms with Crippen molar-refractivity contribution in [1.82, 2.24) is 0 Å². The Kier molecular flexibility index (Phi) is 3.48. The Hall–Kier alpha value is -0.830. The second-order valence-electron chi connectivity index (χ2n) is 2.71. The van der Waals surface area contributed by atoms with Crippen molar-refractivity contribution in [2.75, 3.05) is 5.75 Å². The van der Waals surface area contributed by atoms with Crippen LogP contribution >= 0.6 is 12.6 Å². The number of aryl methyl sites for hydroxylation is 1. The lowest BCUT2D eigenvalue weighted by Gasteiger charge is -2.00. The van der Waals surface area contributed by atoms with Crippen molar-refractivity contribution in [1.29, 1.82) is 0 Å². The first-order valence-electron chi connectivity index (χ1n) is 3.88. The number of benzene rings is 1. The normalized spacial score (nSPS) is 11.1. The fourth-order valence-corrected chi connectivity index (χ4v) is 1.09. The molecular formula is C10H10F2S. The van der Waals surface area contributed by atoms with E-state index in [9.17, 15) is 8.78 Å². The molecule has 0 saturated carbocycles. The van der Waals surface area contributed by atoms with E-state index in [0.717, 1.165) is 6.07 Å². The van der Waals surface area contributed by atoms with Gasteiger partial charge in [0.15, 0.2) is 0 Å². The molecule has 0 aliphatic carbocycles. The molecule has 0 radical (unpaired) electrons. The first-order valence-corrected chi connectivity index (χ1v) is 4.51. The molecule has 0 saturated heterocycles. The van der Waals surface area contributed by atoms with Gasteiger partial charge in [0.1, 0.15) is 11.6 Å². The zero-order chi connectivity index (χ0) is 9.84. The maximum absolute atomic E-state index is 13.0. The Morgan fingerprint density at radius 2 is 2.00 bits per heavy atom. The number of hydrogen-bond acceptors (Lipinski definition) is 1. The van der Waals surface area contributed by atoms with E-state index < -0.39 is 11.6 Å². The summed E-state index contributed by atoms with van der Waals surface area (Å²) in [6, 6.07) is 2.37. The minimum Gasteiger partial charge on any atom is -0.207 e. The van der Waals surface area contributed by atoms with Crippen LogP contribution in [0.25, 0.3) is 6.08 Å². The monoisotopic (exact) mass is 200 g/mol. The second-order valence-corrected chi connectivity index (χ2v) is 3.07. The Morgan fingerprint density at radius 3 is 2.62 bits per heavy atom. The van der Waals surface area contributed by atoms with Crippen LogP contribution in [-0.4, -0.2) is 5.75 Å². The van der Waals surface area contributed by atoms with Crippen molar-refractivity contribution in [2.45, 2.75) is 6.92 Å². The van der Waals surface area contributed by atoms with E-state index in [0.29, 0.717) is 16.9 Å². The minimum absolute atomic E-state index is 0.396. The molecule has 1 aromatic rings. The van der Waals surface area contributed by atoms with Crippen molar-refractivity contribution in [2.24, 2.45) is 0 Å². The molecule has 0 aliphatic rings. The predicted octanol–water partition coefficient (Wildman–Crippen LogP) is 3.22. The third-order valence-electron chi connectivity index (χ3n) is 1.68. The molecule has 1 rings (SSSR count). The van der Waals surface area contributed by atoms with Gasteiger partial charge >= 0.3 is 0 Å². The van der Waals surface area contributed by atoms with Crippen LogP contribution in [0.15, 0.2) is 18.2 Å². The second kappa shape index (κ2) is 4.42. The van der Waals surface area contributed by atoms with E-state index in [-0.39, 0.29) is 0 Å². The lowest BCUT2D eigenvalue weighted by Crippen LogP contribution is -1.89. The standard InChI is InChI=1S/C10H10F2S/c1-7-5-8(3-2-4-13)10(12)6-9(7)11/h2-3,5-6,13H,4H2,1H3. The molecule has 3 heteroatoms. The molecule has 0 N–H and O–H groups in total. The Balaban J connectivity index is 3.08. The lowest BCUT2D eigenvalue weighted by atomic mass is 10.1. The van der Waals surface area contributed by atoms with Gasteiger partial charge in [-0.1, -0.05) is 12.2 Å². The van der Waals surface area contributed by atoms with Crippen molar-refractivity contribution in [3.8, 4) is 0 Å². The molecule has 13 heavy (non-hydrogen) atoms. The highest BCUT2D eigenvalue weighted by molar-refractivity contribution is 7.80. The number of rotatable bonds is 2. The molecule has 0 spiro atoms. The fourth-order valence-electron chi connectivity index (χ4n) is 0.987. The highest BCUT2D eigenvalue weighted by Crippen LogP contribution is 2.15. The smallest absolute Gasteiger partial charge is 0.133 e. The third kappa shape index (κ3) is 2.56. The summed E-state index contributed by atoms with van der Waals surface area (Å²) < 4.78 is 25.8. The van der Waals surface area contributed by atoms with Crippen molar-refractivity contribution in [3.05, 3.63) is 41.0 Å². The SMILES string of the molecule is Cc1cc(C=CCS)c(F)cc1F. The van der Waals surface area contributed by atoms with Crippen molar-refractivity contribution < 1.29 is 8.78 Å². The Labute approximate surface area is 81.7 Å². The van der Waals surface area contributed by atoms with Crippen LogP contribution in [0.2, 0.25) is 0 Å². The molecule has 0 bridgehead atoms. The summed E-state index contributed by atoms with van der Waals surface area (Å²) in [6.07, 6.45) is 3.30. The molecule has 1 aromatic carbocycles. The third-order valence-corrected chi connectivity index (χ3v) is 1.89. The van der Waals surface area contributed by atoms with Crippen LogP contribution in [0.1, 0.15) is 11.1 Å². The lowest BCUT2D eigenvalue weighted by molar-refractivity contribution is 0.576. The zero-order valence-corrected chi connectivity index (χ0v) is 8.11. The van der Waals surface area contributed by atoms with Gasteiger partial charge in [-0.05, 0) is 18.6 Å². The van der Waals surface area contributed by atoms with Crippen LogP contribution in [0.3, 0.4) is 0 Å². The molecule has 0 aliphatic heterocycles. The summed E-state index contributed by atoms with van der Waals surface area (Å²) in [5.41, 5.74) is 0.841. The number of hydrogen-bond donors (Lipinski definition) is 1. The van der Waals surface area contributed by atoms with E-state index in [2.05, 4.69) is 12.6 Å². The number of thiol groups is 1. The maximum Gasteiger partial charge on any atom is 0.133 e. The van der Waals surface area contributed by atoms with Gasteiger partial charge in [0.25, 0.3) is 0 Å².